The molecule has 1 aromatic heterocycles. The van der Waals surface area contributed by atoms with Crippen LogP contribution in [-0.2, 0) is 6.42 Å². The summed E-state index contributed by atoms with van der Waals surface area (Å²) in [5, 5.41) is 3.04. The van der Waals surface area contributed by atoms with E-state index in [0.717, 1.165) is 20.6 Å². The standard InChI is InChI=1S/C17H20BrNOS/c1-11(2)10-13-4-6-14(7-5-13)12(3)19-17(20)15-8-9-16(18)21-15/h4-9,11-12H,10H2,1-3H3,(H,19,20). The molecule has 0 saturated heterocycles. The molecule has 1 aromatic carbocycles. The molecule has 0 radical (unpaired) electrons. The zero-order valence-electron chi connectivity index (χ0n) is 12.5. The van der Waals surface area contributed by atoms with Gasteiger partial charge in [-0.3, -0.25) is 4.79 Å². The van der Waals surface area contributed by atoms with Gasteiger partial charge in [-0.15, -0.1) is 11.3 Å². The molecular weight excluding hydrogens is 346 g/mol. The molecule has 0 spiro atoms. The maximum atomic E-state index is 12.1. The van der Waals surface area contributed by atoms with Crippen molar-refractivity contribution >= 4 is 33.2 Å². The Bertz CT molecular complexity index is 604. The van der Waals surface area contributed by atoms with Gasteiger partial charge in [0.1, 0.15) is 0 Å². The van der Waals surface area contributed by atoms with Crippen LogP contribution < -0.4 is 5.32 Å². The zero-order valence-corrected chi connectivity index (χ0v) is 14.9. The Kier molecular flexibility index (Phi) is 5.59. The van der Waals surface area contributed by atoms with E-state index < -0.39 is 0 Å². The minimum atomic E-state index is -0.0237. The molecule has 0 fully saturated rings. The van der Waals surface area contributed by atoms with Crippen molar-refractivity contribution < 1.29 is 4.79 Å². The molecule has 0 aliphatic carbocycles. The molecule has 0 saturated carbocycles. The Labute approximate surface area is 138 Å². The van der Waals surface area contributed by atoms with E-state index >= 15 is 0 Å². The van der Waals surface area contributed by atoms with Crippen LogP contribution in [0, 0.1) is 5.92 Å². The molecule has 2 aromatic rings. The second-order valence-corrected chi connectivity index (χ2v) is 8.10. The third-order valence-corrected chi connectivity index (χ3v) is 4.89. The third-order valence-electron chi connectivity index (χ3n) is 3.27. The van der Waals surface area contributed by atoms with Crippen LogP contribution in [0.1, 0.15) is 47.6 Å². The maximum Gasteiger partial charge on any atom is 0.261 e. The Morgan fingerprint density at radius 3 is 2.33 bits per heavy atom. The molecule has 1 N–H and O–H groups in total. The van der Waals surface area contributed by atoms with Crippen molar-refractivity contribution in [2.45, 2.75) is 33.2 Å². The van der Waals surface area contributed by atoms with Crippen LogP contribution in [0.2, 0.25) is 0 Å². The molecule has 0 aliphatic rings. The summed E-state index contributed by atoms with van der Waals surface area (Å²) in [7, 11) is 0. The summed E-state index contributed by atoms with van der Waals surface area (Å²) in [6, 6.07) is 12.2. The number of hydrogen-bond donors (Lipinski definition) is 1. The fraction of sp³-hybridized carbons (Fsp3) is 0.353. The number of nitrogens with one attached hydrogen (secondary N) is 1. The molecule has 21 heavy (non-hydrogen) atoms. The average molecular weight is 366 g/mol. The SMILES string of the molecule is CC(C)Cc1ccc(C(C)NC(=O)c2ccc(Br)s2)cc1. The fourth-order valence-corrected chi connectivity index (χ4v) is 3.49. The fourth-order valence-electron chi connectivity index (χ4n) is 2.20. The van der Waals surface area contributed by atoms with Crippen LogP contribution in [0.3, 0.4) is 0 Å². The third kappa shape index (κ3) is 4.68. The molecule has 1 amide bonds. The first-order chi connectivity index (χ1) is 9.95. The highest BCUT2D eigenvalue weighted by atomic mass is 79.9. The van der Waals surface area contributed by atoms with Crippen LogP contribution in [0.15, 0.2) is 40.2 Å². The van der Waals surface area contributed by atoms with Crippen LogP contribution in [0.25, 0.3) is 0 Å². The smallest absolute Gasteiger partial charge is 0.261 e. The van der Waals surface area contributed by atoms with Crippen LogP contribution >= 0.6 is 27.3 Å². The van der Waals surface area contributed by atoms with E-state index in [1.54, 1.807) is 0 Å². The summed E-state index contributed by atoms with van der Waals surface area (Å²) in [4.78, 5) is 12.9. The quantitative estimate of drug-likeness (QED) is 0.774. The van der Waals surface area contributed by atoms with Gasteiger partial charge in [0.25, 0.3) is 5.91 Å². The number of benzene rings is 1. The zero-order chi connectivity index (χ0) is 15.4. The summed E-state index contributed by atoms with van der Waals surface area (Å²) in [6.07, 6.45) is 1.09. The van der Waals surface area contributed by atoms with Crippen molar-refractivity contribution in [3.8, 4) is 0 Å². The molecule has 2 nitrogen and oxygen atoms in total. The Morgan fingerprint density at radius 1 is 1.14 bits per heavy atom. The second kappa shape index (κ2) is 7.23. The molecule has 1 unspecified atom stereocenters. The normalized spacial score (nSPS) is 12.4. The van der Waals surface area contributed by atoms with Gasteiger partial charge in [0.15, 0.2) is 0 Å². The summed E-state index contributed by atoms with van der Waals surface area (Å²) >= 11 is 4.82. The van der Waals surface area contributed by atoms with Crippen molar-refractivity contribution in [2.75, 3.05) is 0 Å². The lowest BCUT2D eigenvalue weighted by Crippen LogP contribution is -2.25. The minimum absolute atomic E-state index is 0.00600. The molecule has 4 heteroatoms. The Balaban J connectivity index is 1.99. The van der Waals surface area contributed by atoms with Gasteiger partial charge in [0, 0.05) is 0 Å². The van der Waals surface area contributed by atoms with Gasteiger partial charge in [-0.1, -0.05) is 38.1 Å². The van der Waals surface area contributed by atoms with Crippen molar-refractivity contribution in [1.29, 1.82) is 0 Å². The van der Waals surface area contributed by atoms with Gasteiger partial charge < -0.3 is 5.32 Å². The number of halogens is 1. The summed E-state index contributed by atoms with van der Waals surface area (Å²) in [5.41, 5.74) is 2.47. The van der Waals surface area contributed by atoms with E-state index in [1.807, 2.05) is 19.1 Å². The number of rotatable bonds is 5. The van der Waals surface area contributed by atoms with Gasteiger partial charge in [0.05, 0.1) is 14.7 Å². The van der Waals surface area contributed by atoms with Crippen molar-refractivity contribution in [3.05, 3.63) is 56.2 Å². The molecule has 112 valence electrons. The van der Waals surface area contributed by atoms with Crippen LogP contribution in [0.5, 0.6) is 0 Å². The van der Waals surface area contributed by atoms with Crippen molar-refractivity contribution in [3.63, 3.8) is 0 Å². The van der Waals surface area contributed by atoms with Gasteiger partial charge in [-0.2, -0.15) is 0 Å². The van der Waals surface area contributed by atoms with E-state index in [4.69, 9.17) is 0 Å². The maximum absolute atomic E-state index is 12.1. The monoisotopic (exact) mass is 365 g/mol. The number of amides is 1. The van der Waals surface area contributed by atoms with E-state index in [-0.39, 0.29) is 11.9 Å². The highest BCUT2D eigenvalue weighted by Gasteiger charge is 2.13. The predicted octanol–water partition coefficient (Wildman–Crippen LogP) is 5.20. The number of carbonyl (C=O) groups excluding carboxylic acids is 1. The lowest BCUT2D eigenvalue weighted by atomic mass is 10.00. The molecule has 0 aliphatic heterocycles. The van der Waals surface area contributed by atoms with E-state index in [0.29, 0.717) is 5.92 Å². The molecule has 0 bridgehead atoms. The van der Waals surface area contributed by atoms with Crippen molar-refractivity contribution in [2.24, 2.45) is 5.92 Å². The summed E-state index contributed by atoms with van der Waals surface area (Å²) < 4.78 is 0.971. The first-order valence-corrected chi connectivity index (χ1v) is 8.71. The van der Waals surface area contributed by atoms with Gasteiger partial charge >= 0.3 is 0 Å². The summed E-state index contributed by atoms with van der Waals surface area (Å²) in [6.45, 7) is 6.45. The molecule has 1 atom stereocenters. The minimum Gasteiger partial charge on any atom is -0.345 e. The first kappa shape index (κ1) is 16.2. The number of carbonyl (C=O) groups is 1. The largest absolute Gasteiger partial charge is 0.345 e. The second-order valence-electron chi connectivity index (χ2n) is 5.64. The lowest BCUT2D eigenvalue weighted by Gasteiger charge is -2.14. The van der Waals surface area contributed by atoms with Gasteiger partial charge in [-0.25, -0.2) is 0 Å². The van der Waals surface area contributed by atoms with E-state index in [1.165, 1.54) is 16.9 Å². The van der Waals surface area contributed by atoms with E-state index in [2.05, 4.69) is 59.4 Å². The predicted molar refractivity (Wildman–Crippen MR) is 92.9 cm³/mol. The Hall–Kier alpha value is -1.13. The average Bonchev–Trinajstić information content (AvgIpc) is 2.85. The molecule has 2 rings (SSSR count). The van der Waals surface area contributed by atoms with E-state index in [9.17, 15) is 4.79 Å². The molecular formula is C17H20BrNOS. The molecule has 1 heterocycles. The Morgan fingerprint density at radius 2 is 1.81 bits per heavy atom. The lowest BCUT2D eigenvalue weighted by molar-refractivity contribution is 0.0944. The summed E-state index contributed by atoms with van der Waals surface area (Å²) in [5.74, 6) is 0.634. The number of thiophene rings is 1. The van der Waals surface area contributed by atoms with Crippen LogP contribution in [0.4, 0.5) is 0 Å². The van der Waals surface area contributed by atoms with Crippen molar-refractivity contribution in [1.82, 2.24) is 5.32 Å². The van der Waals surface area contributed by atoms with Gasteiger partial charge in [-0.05, 0) is 58.5 Å². The van der Waals surface area contributed by atoms with Gasteiger partial charge in [0.2, 0.25) is 0 Å². The highest BCUT2D eigenvalue weighted by molar-refractivity contribution is 9.11. The first-order valence-electron chi connectivity index (χ1n) is 7.10. The van der Waals surface area contributed by atoms with Crippen LogP contribution in [-0.4, -0.2) is 5.91 Å². The topological polar surface area (TPSA) is 29.1 Å². The number of hydrogen-bond acceptors (Lipinski definition) is 2. The highest BCUT2D eigenvalue weighted by Crippen LogP contribution is 2.23.